The molecule has 0 unspecified atom stereocenters. The minimum Gasteiger partial charge on any atom is -0.507 e. The average Bonchev–Trinajstić information content (AvgIpc) is 2.85. The maximum absolute atomic E-state index is 11.0. The summed E-state index contributed by atoms with van der Waals surface area (Å²) in [6.45, 7) is 3.77. The summed E-state index contributed by atoms with van der Waals surface area (Å²) in [4.78, 5) is 13.6. The van der Waals surface area contributed by atoms with E-state index in [4.69, 9.17) is 0 Å². The number of nitrogens with one attached hydrogen (secondary N) is 1. The molecular weight excluding hydrogens is 258 g/mol. The molecule has 1 aromatic carbocycles. The van der Waals surface area contributed by atoms with E-state index in [0.717, 1.165) is 30.6 Å². The van der Waals surface area contributed by atoms with Crippen molar-refractivity contribution in [1.29, 1.82) is 0 Å². The number of rotatable bonds is 2. The number of aromatic hydroxyl groups is 1. The number of carbonyl (C=O) groups is 1. The summed E-state index contributed by atoms with van der Waals surface area (Å²) in [7, 11) is 0. The van der Waals surface area contributed by atoms with Gasteiger partial charge in [-0.3, -0.25) is 4.79 Å². The second kappa shape index (κ2) is 4.79. The minimum atomic E-state index is 0.0849. The molecule has 3 rings (SSSR count). The molecule has 1 aliphatic rings. The Bertz CT molecular complexity index is 622. The van der Waals surface area contributed by atoms with Crippen LogP contribution >= 0.6 is 11.3 Å². The van der Waals surface area contributed by atoms with Crippen LogP contribution in [0.3, 0.4) is 0 Å². The Morgan fingerprint density at radius 1 is 1.37 bits per heavy atom. The van der Waals surface area contributed by atoms with Crippen molar-refractivity contribution >= 4 is 17.6 Å². The van der Waals surface area contributed by atoms with Crippen molar-refractivity contribution < 1.29 is 9.90 Å². The number of aldehydes is 1. The number of fused-ring (bicyclic) bond motifs is 1. The number of carbonyl (C=O) groups excluding carboxylic acids is 1. The fourth-order valence-electron chi connectivity index (χ4n) is 2.43. The van der Waals surface area contributed by atoms with Crippen LogP contribution in [0.5, 0.6) is 5.75 Å². The lowest BCUT2D eigenvalue weighted by molar-refractivity contribution is 0.112. The first-order chi connectivity index (χ1) is 9.19. The zero-order chi connectivity index (χ0) is 13.4. The highest BCUT2D eigenvalue weighted by Gasteiger charge is 2.15. The molecule has 2 heterocycles. The van der Waals surface area contributed by atoms with Crippen molar-refractivity contribution in [1.82, 2.24) is 5.32 Å². The molecule has 2 N–H and O–H groups in total. The quantitative estimate of drug-likeness (QED) is 0.827. The van der Waals surface area contributed by atoms with Crippen LogP contribution in [-0.2, 0) is 13.0 Å². The van der Waals surface area contributed by atoms with Gasteiger partial charge in [0.25, 0.3) is 0 Å². The molecule has 4 heteroatoms. The summed E-state index contributed by atoms with van der Waals surface area (Å²) in [6, 6.07) is 5.89. The first-order valence-corrected chi connectivity index (χ1v) is 7.12. The van der Waals surface area contributed by atoms with Crippen molar-refractivity contribution in [3.8, 4) is 16.2 Å². The van der Waals surface area contributed by atoms with Gasteiger partial charge in [0.1, 0.15) is 5.75 Å². The summed E-state index contributed by atoms with van der Waals surface area (Å²) in [5.41, 5.74) is 3.46. The summed E-state index contributed by atoms with van der Waals surface area (Å²) in [5, 5.41) is 13.2. The van der Waals surface area contributed by atoms with Gasteiger partial charge in [-0.25, -0.2) is 0 Å². The smallest absolute Gasteiger partial charge is 0.153 e. The molecule has 0 saturated heterocycles. The van der Waals surface area contributed by atoms with E-state index in [9.17, 15) is 9.90 Å². The molecule has 0 amide bonds. The third-order valence-electron chi connectivity index (χ3n) is 3.48. The molecule has 0 atom stereocenters. The van der Waals surface area contributed by atoms with E-state index in [-0.39, 0.29) is 5.75 Å². The molecule has 2 aromatic rings. The van der Waals surface area contributed by atoms with Crippen LogP contribution in [0, 0.1) is 6.92 Å². The van der Waals surface area contributed by atoms with Gasteiger partial charge in [-0.1, -0.05) is 0 Å². The number of aryl methyl sites for hydroxylation is 1. The molecule has 0 spiro atoms. The van der Waals surface area contributed by atoms with Crippen LogP contribution in [0.25, 0.3) is 10.4 Å². The summed E-state index contributed by atoms with van der Waals surface area (Å²) >= 11 is 1.78. The number of benzene rings is 1. The lowest BCUT2D eigenvalue weighted by atomic mass is 10.0. The average molecular weight is 273 g/mol. The summed E-state index contributed by atoms with van der Waals surface area (Å²) < 4.78 is 0. The largest absolute Gasteiger partial charge is 0.507 e. The van der Waals surface area contributed by atoms with E-state index >= 15 is 0 Å². The Kier molecular flexibility index (Phi) is 3.12. The van der Waals surface area contributed by atoms with Crippen LogP contribution in [0.1, 0.15) is 26.4 Å². The lowest BCUT2D eigenvalue weighted by Gasteiger charge is -2.10. The molecule has 1 aromatic heterocycles. The van der Waals surface area contributed by atoms with E-state index in [1.54, 1.807) is 17.4 Å². The maximum Gasteiger partial charge on any atom is 0.153 e. The van der Waals surface area contributed by atoms with Gasteiger partial charge < -0.3 is 10.4 Å². The second-order valence-corrected chi connectivity index (χ2v) is 5.97. The van der Waals surface area contributed by atoms with Gasteiger partial charge in [-0.2, -0.15) is 0 Å². The fourth-order valence-corrected chi connectivity index (χ4v) is 3.60. The van der Waals surface area contributed by atoms with E-state index in [0.29, 0.717) is 11.8 Å². The van der Waals surface area contributed by atoms with E-state index < -0.39 is 0 Å². The minimum absolute atomic E-state index is 0.0849. The first-order valence-electron chi connectivity index (χ1n) is 6.30. The van der Waals surface area contributed by atoms with Gasteiger partial charge in [0, 0.05) is 22.8 Å². The van der Waals surface area contributed by atoms with Gasteiger partial charge >= 0.3 is 0 Å². The Balaban J connectivity index is 2.09. The Morgan fingerprint density at radius 3 is 2.95 bits per heavy atom. The van der Waals surface area contributed by atoms with Crippen LogP contribution in [0.15, 0.2) is 18.2 Å². The highest BCUT2D eigenvalue weighted by molar-refractivity contribution is 7.15. The molecule has 0 bridgehead atoms. The molecular formula is C15H15NO2S. The van der Waals surface area contributed by atoms with E-state index in [1.807, 2.05) is 13.0 Å². The topological polar surface area (TPSA) is 49.3 Å². The second-order valence-electron chi connectivity index (χ2n) is 4.83. The Labute approximate surface area is 115 Å². The summed E-state index contributed by atoms with van der Waals surface area (Å²) in [5.74, 6) is 0.0849. The van der Waals surface area contributed by atoms with Crippen molar-refractivity contribution in [3.63, 3.8) is 0 Å². The number of thiophene rings is 1. The van der Waals surface area contributed by atoms with Crippen LogP contribution in [-0.4, -0.2) is 17.9 Å². The van der Waals surface area contributed by atoms with Gasteiger partial charge in [0.05, 0.1) is 5.56 Å². The molecule has 0 radical (unpaired) electrons. The predicted octanol–water partition coefficient (Wildman–Crippen LogP) is 2.89. The zero-order valence-corrected chi connectivity index (χ0v) is 11.5. The molecule has 0 aliphatic carbocycles. The van der Waals surface area contributed by atoms with Crippen molar-refractivity contribution in [3.05, 3.63) is 39.8 Å². The third-order valence-corrected chi connectivity index (χ3v) is 4.77. The zero-order valence-electron chi connectivity index (χ0n) is 10.7. The molecule has 19 heavy (non-hydrogen) atoms. The number of phenolic OH excluding ortho intramolecular Hbond substituents is 1. The van der Waals surface area contributed by atoms with E-state index in [2.05, 4.69) is 11.4 Å². The van der Waals surface area contributed by atoms with Crippen LogP contribution < -0.4 is 5.32 Å². The maximum atomic E-state index is 11.0. The molecule has 1 aliphatic heterocycles. The van der Waals surface area contributed by atoms with Crippen molar-refractivity contribution in [2.75, 3.05) is 6.54 Å². The monoisotopic (exact) mass is 273 g/mol. The highest BCUT2D eigenvalue weighted by Crippen LogP contribution is 2.36. The lowest BCUT2D eigenvalue weighted by Crippen LogP contribution is -2.21. The van der Waals surface area contributed by atoms with Gasteiger partial charge in [0.2, 0.25) is 0 Å². The predicted molar refractivity (Wildman–Crippen MR) is 77.0 cm³/mol. The normalized spacial score (nSPS) is 14.2. The fraction of sp³-hybridized carbons (Fsp3) is 0.267. The number of hydrogen-bond donors (Lipinski definition) is 2. The van der Waals surface area contributed by atoms with Crippen molar-refractivity contribution in [2.24, 2.45) is 0 Å². The van der Waals surface area contributed by atoms with Crippen LogP contribution in [0.2, 0.25) is 0 Å². The number of phenols is 1. The van der Waals surface area contributed by atoms with Gasteiger partial charge in [0.15, 0.2) is 6.29 Å². The van der Waals surface area contributed by atoms with Crippen LogP contribution in [0.4, 0.5) is 0 Å². The molecule has 0 fully saturated rings. The SMILES string of the molecule is Cc1cc(-c2cc3c(s2)CCNC3)cc(C=O)c1O. The van der Waals surface area contributed by atoms with Gasteiger partial charge in [-0.15, -0.1) is 11.3 Å². The Morgan fingerprint density at radius 2 is 2.21 bits per heavy atom. The first kappa shape index (κ1) is 12.4. The van der Waals surface area contributed by atoms with Crippen molar-refractivity contribution in [2.45, 2.75) is 19.9 Å². The highest BCUT2D eigenvalue weighted by atomic mass is 32.1. The van der Waals surface area contributed by atoms with Gasteiger partial charge in [-0.05, 0) is 48.2 Å². The number of hydrogen-bond acceptors (Lipinski definition) is 4. The summed E-state index contributed by atoms with van der Waals surface area (Å²) in [6.07, 6.45) is 1.78. The Hall–Kier alpha value is -1.65. The molecule has 0 saturated carbocycles. The van der Waals surface area contributed by atoms with E-state index in [1.165, 1.54) is 15.3 Å². The standard InChI is InChI=1S/C15H15NO2S/c1-9-4-10(5-12(8-17)15(9)18)14-6-11-7-16-3-2-13(11)19-14/h4-6,8,16,18H,2-3,7H2,1H3. The molecule has 98 valence electrons. The molecule has 3 nitrogen and oxygen atoms in total. The third kappa shape index (κ3) is 2.17.